The van der Waals surface area contributed by atoms with Crippen molar-refractivity contribution in [2.24, 2.45) is 0 Å². The first-order valence-corrected chi connectivity index (χ1v) is 9.78. The first kappa shape index (κ1) is 16.6. The van der Waals surface area contributed by atoms with E-state index < -0.39 is 9.84 Å². The molecule has 2 heterocycles. The number of nitrogens with zero attached hydrogens (tertiary/aromatic N) is 3. The van der Waals surface area contributed by atoms with Crippen molar-refractivity contribution in [3.63, 3.8) is 0 Å². The number of benzene rings is 1. The number of aromatic nitrogens is 3. The van der Waals surface area contributed by atoms with Gasteiger partial charge in [0.25, 0.3) is 0 Å². The summed E-state index contributed by atoms with van der Waals surface area (Å²) in [6, 6.07) is 10.1. The molecule has 0 radical (unpaired) electrons. The summed E-state index contributed by atoms with van der Waals surface area (Å²) in [4.78, 5) is 0.314. The Hall–Kier alpha value is -2.26. The Balaban J connectivity index is 1.68. The van der Waals surface area contributed by atoms with Gasteiger partial charge in [0.05, 0.1) is 22.5 Å². The molecule has 0 aliphatic rings. The normalized spacial score (nSPS) is 11.7. The Morgan fingerprint density at radius 2 is 1.96 bits per heavy atom. The van der Waals surface area contributed by atoms with Crippen LogP contribution in [0.15, 0.2) is 57.1 Å². The molecule has 0 saturated heterocycles. The van der Waals surface area contributed by atoms with Gasteiger partial charge < -0.3 is 10.3 Å². The minimum Gasteiger partial charge on any atom is -0.469 e. The van der Waals surface area contributed by atoms with Gasteiger partial charge in [-0.25, -0.2) is 13.1 Å². The molecule has 0 aliphatic heterocycles. The zero-order valence-corrected chi connectivity index (χ0v) is 14.5. The Bertz CT molecular complexity index is 933. The number of hydrogen-bond acceptors (Lipinski definition) is 7. The maximum Gasteiger partial charge on any atom is 0.210 e. The van der Waals surface area contributed by atoms with E-state index in [4.69, 9.17) is 10.3 Å². The van der Waals surface area contributed by atoms with Crippen molar-refractivity contribution in [1.29, 1.82) is 0 Å². The average molecular weight is 364 g/mol. The number of nitrogens with two attached hydrogens (primary N) is 1. The van der Waals surface area contributed by atoms with Crippen LogP contribution in [0.3, 0.4) is 0 Å². The molecule has 0 amide bonds. The summed E-state index contributed by atoms with van der Waals surface area (Å²) in [5.41, 5.74) is 0.758. The highest BCUT2D eigenvalue weighted by Crippen LogP contribution is 2.25. The molecule has 2 aromatic heterocycles. The van der Waals surface area contributed by atoms with Crippen LogP contribution in [0.1, 0.15) is 5.76 Å². The lowest BCUT2D eigenvalue weighted by atomic mass is 10.2. The highest BCUT2D eigenvalue weighted by Gasteiger charge is 2.18. The highest BCUT2D eigenvalue weighted by atomic mass is 32.2. The molecule has 3 aromatic rings. The third-order valence-electron chi connectivity index (χ3n) is 3.45. The second-order valence-electron chi connectivity index (χ2n) is 5.05. The van der Waals surface area contributed by atoms with E-state index in [0.29, 0.717) is 27.4 Å². The van der Waals surface area contributed by atoms with Crippen LogP contribution in [0.2, 0.25) is 0 Å². The van der Waals surface area contributed by atoms with Gasteiger partial charge >= 0.3 is 0 Å². The van der Waals surface area contributed by atoms with E-state index in [0.717, 1.165) is 5.56 Å². The van der Waals surface area contributed by atoms with Gasteiger partial charge in [0, 0.05) is 5.75 Å². The molecule has 1 aromatic carbocycles. The molecule has 0 saturated carbocycles. The number of thioether (sulfide) groups is 1. The number of rotatable bonds is 6. The van der Waals surface area contributed by atoms with E-state index in [-0.39, 0.29) is 5.75 Å². The van der Waals surface area contributed by atoms with Crippen molar-refractivity contribution in [3.8, 4) is 11.4 Å². The van der Waals surface area contributed by atoms with Crippen LogP contribution in [-0.2, 0) is 9.84 Å². The zero-order valence-electron chi connectivity index (χ0n) is 12.9. The van der Waals surface area contributed by atoms with Crippen molar-refractivity contribution >= 4 is 21.6 Å². The number of hydrogen-bond donors (Lipinski definition) is 1. The smallest absolute Gasteiger partial charge is 0.210 e. The minimum atomic E-state index is -3.32. The van der Waals surface area contributed by atoms with E-state index in [1.54, 1.807) is 42.7 Å². The van der Waals surface area contributed by atoms with Crippen molar-refractivity contribution in [2.45, 2.75) is 17.0 Å². The van der Waals surface area contributed by atoms with Crippen LogP contribution in [0.4, 0.5) is 0 Å². The van der Waals surface area contributed by atoms with Gasteiger partial charge in [-0.15, -0.1) is 10.2 Å². The molecular weight excluding hydrogens is 348 g/mol. The Kier molecular flexibility index (Phi) is 4.63. The van der Waals surface area contributed by atoms with Gasteiger partial charge in [-0.1, -0.05) is 30.0 Å². The SMILES string of the molecule is Cc1occc1-c1nnc(SCCS(=O)(=O)c2ccccc2)n1N. The molecule has 0 aliphatic carbocycles. The van der Waals surface area contributed by atoms with Crippen LogP contribution in [0.5, 0.6) is 0 Å². The molecule has 0 spiro atoms. The fourth-order valence-electron chi connectivity index (χ4n) is 2.16. The molecular formula is C15H16N4O3S2. The van der Waals surface area contributed by atoms with Gasteiger partial charge in [0.15, 0.2) is 15.7 Å². The van der Waals surface area contributed by atoms with Gasteiger partial charge in [-0.2, -0.15) is 0 Å². The summed E-state index contributed by atoms with van der Waals surface area (Å²) in [5, 5.41) is 8.52. The number of sulfone groups is 1. The number of nitrogen functional groups attached to an aromatic ring is 1. The molecule has 0 fully saturated rings. The van der Waals surface area contributed by atoms with E-state index in [1.165, 1.54) is 16.4 Å². The summed E-state index contributed by atoms with van der Waals surface area (Å²) in [7, 11) is -3.32. The Morgan fingerprint density at radius 1 is 1.21 bits per heavy atom. The molecule has 9 heteroatoms. The summed E-state index contributed by atoms with van der Waals surface area (Å²) < 4.78 is 31.1. The van der Waals surface area contributed by atoms with Crippen molar-refractivity contribution < 1.29 is 12.8 Å². The quantitative estimate of drug-likeness (QED) is 0.528. The first-order valence-electron chi connectivity index (χ1n) is 7.14. The first-order chi connectivity index (χ1) is 11.5. The fourth-order valence-corrected chi connectivity index (χ4v) is 4.69. The van der Waals surface area contributed by atoms with Crippen molar-refractivity contribution in [3.05, 3.63) is 48.4 Å². The second kappa shape index (κ2) is 6.70. The molecule has 0 unspecified atom stereocenters. The average Bonchev–Trinajstić information content (AvgIpc) is 3.14. The van der Waals surface area contributed by atoms with Gasteiger partial charge in [-0.05, 0) is 25.1 Å². The highest BCUT2D eigenvalue weighted by molar-refractivity contribution is 8.00. The molecule has 3 rings (SSSR count). The van der Waals surface area contributed by atoms with E-state index >= 15 is 0 Å². The third kappa shape index (κ3) is 3.31. The summed E-state index contributed by atoms with van der Waals surface area (Å²) >= 11 is 1.25. The fraction of sp³-hybridized carbons (Fsp3) is 0.200. The molecule has 126 valence electrons. The van der Waals surface area contributed by atoms with E-state index in [9.17, 15) is 8.42 Å². The largest absolute Gasteiger partial charge is 0.469 e. The molecule has 0 bridgehead atoms. The monoisotopic (exact) mass is 364 g/mol. The molecule has 7 nitrogen and oxygen atoms in total. The van der Waals surface area contributed by atoms with Gasteiger partial charge in [-0.3, -0.25) is 0 Å². The predicted octanol–water partition coefficient (Wildman–Crippen LogP) is 2.13. The van der Waals surface area contributed by atoms with Crippen LogP contribution >= 0.6 is 11.8 Å². The minimum absolute atomic E-state index is 0.00535. The lowest BCUT2D eigenvalue weighted by Crippen LogP contribution is -2.13. The predicted molar refractivity (Wildman–Crippen MR) is 91.8 cm³/mol. The standard InChI is InChI=1S/C15H16N4O3S2/c1-11-13(7-8-22-11)14-17-18-15(19(14)16)23-9-10-24(20,21)12-5-3-2-4-6-12/h2-8H,9-10,16H2,1H3. The Morgan fingerprint density at radius 3 is 2.62 bits per heavy atom. The summed E-state index contributed by atoms with van der Waals surface area (Å²) in [5.74, 6) is 7.50. The second-order valence-corrected chi connectivity index (χ2v) is 8.22. The van der Waals surface area contributed by atoms with Crippen LogP contribution < -0.4 is 5.84 Å². The maximum atomic E-state index is 12.2. The summed E-state index contributed by atoms with van der Waals surface area (Å²) in [6.45, 7) is 1.81. The van der Waals surface area contributed by atoms with Crippen LogP contribution in [-0.4, -0.2) is 34.8 Å². The van der Waals surface area contributed by atoms with E-state index in [2.05, 4.69) is 10.2 Å². The van der Waals surface area contributed by atoms with Crippen LogP contribution in [0, 0.1) is 6.92 Å². The van der Waals surface area contributed by atoms with Crippen molar-refractivity contribution in [1.82, 2.24) is 14.9 Å². The number of aryl methyl sites for hydroxylation is 1. The molecule has 0 atom stereocenters. The summed E-state index contributed by atoms with van der Waals surface area (Å²) in [6.07, 6.45) is 1.55. The topological polar surface area (TPSA) is 104 Å². The maximum absolute atomic E-state index is 12.2. The zero-order chi connectivity index (χ0) is 17.2. The Labute approximate surface area is 143 Å². The number of furan rings is 1. The van der Waals surface area contributed by atoms with Gasteiger partial charge in [0.2, 0.25) is 5.16 Å². The van der Waals surface area contributed by atoms with Gasteiger partial charge in [0.1, 0.15) is 5.76 Å². The molecule has 2 N–H and O–H groups in total. The molecule has 24 heavy (non-hydrogen) atoms. The van der Waals surface area contributed by atoms with Crippen LogP contribution in [0.25, 0.3) is 11.4 Å². The third-order valence-corrected chi connectivity index (χ3v) is 6.38. The lowest BCUT2D eigenvalue weighted by molar-refractivity contribution is 0.535. The lowest BCUT2D eigenvalue weighted by Gasteiger charge is -2.05. The van der Waals surface area contributed by atoms with Crippen molar-refractivity contribution in [2.75, 3.05) is 17.3 Å². The van der Waals surface area contributed by atoms with E-state index in [1.807, 2.05) is 6.92 Å².